The summed E-state index contributed by atoms with van der Waals surface area (Å²) in [5, 5.41) is 0. The smallest absolute Gasteiger partial charge is 0.317 e. The zero-order valence-electron chi connectivity index (χ0n) is 9.62. The summed E-state index contributed by atoms with van der Waals surface area (Å²) in [4.78, 5) is 22.1. The Morgan fingerprint density at radius 1 is 1.33 bits per heavy atom. The van der Waals surface area contributed by atoms with Gasteiger partial charge in [-0.2, -0.15) is 0 Å². The van der Waals surface area contributed by atoms with Gasteiger partial charge in [-0.3, -0.25) is 9.59 Å². The van der Waals surface area contributed by atoms with Gasteiger partial charge in [0.1, 0.15) is 0 Å². The second kappa shape index (κ2) is 5.89. The average molecular weight is 212 g/mol. The molecule has 2 unspecified atom stereocenters. The highest BCUT2D eigenvalue weighted by Gasteiger charge is 2.33. The third-order valence-corrected chi connectivity index (χ3v) is 3.16. The lowest BCUT2D eigenvalue weighted by molar-refractivity contribution is -0.153. The van der Waals surface area contributed by atoms with Crippen molar-refractivity contribution in [3.8, 4) is 0 Å². The minimum absolute atomic E-state index is 0.164. The Labute approximate surface area is 91.2 Å². The van der Waals surface area contributed by atoms with Crippen LogP contribution in [0.4, 0.5) is 0 Å². The van der Waals surface area contributed by atoms with E-state index in [9.17, 15) is 9.59 Å². The van der Waals surface area contributed by atoms with E-state index in [-0.39, 0.29) is 17.9 Å². The lowest BCUT2D eigenvalue weighted by atomic mass is 9.90. The molecule has 3 nitrogen and oxygen atoms in total. The summed E-state index contributed by atoms with van der Waals surface area (Å²) in [5.74, 6) is -0.137. The average Bonchev–Trinajstić information content (AvgIpc) is 2.52. The van der Waals surface area contributed by atoms with Crippen molar-refractivity contribution >= 4 is 11.9 Å². The fourth-order valence-electron chi connectivity index (χ4n) is 2.14. The molecule has 3 heteroatoms. The van der Waals surface area contributed by atoms with E-state index < -0.39 is 0 Å². The minimum Gasteiger partial charge on any atom is -0.393 e. The first kappa shape index (κ1) is 12.2. The highest BCUT2D eigenvalue weighted by Crippen LogP contribution is 2.26. The molecule has 0 aliphatic carbocycles. The van der Waals surface area contributed by atoms with Crippen molar-refractivity contribution in [3.63, 3.8) is 0 Å². The first-order valence-corrected chi connectivity index (χ1v) is 5.91. The normalized spacial score (nSPS) is 22.9. The van der Waals surface area contributed by atoms with Gasteiger partial charge in [-0.15, -0.1) is 0 Å². The number of hydrogen-bond donors (Lipinski definition) is 0. The molecule has 1 aliphatic heterocycles. The lowest BCUT2D eigenvalue weighted by Crippen LogP contribution is -2.10. The number of ether oxygens (including phenoxy) is 1. The molecule has 0 aromatic carbocycles. The molecule has 0 N–H and O–H groups in total. The van der Waals surface area contributed by atoms with E-state index in [0.29, 0.717) is 12.3 Å². The summed E-state index contributed by atoms with van der Waals surface area (Å²) >= 11 is 0. The van der Waals surface area contributed by atoms with Crippen LogP contribution in [0.1, 0.15) is 52.4 Å². The van der Waals surface area contributed by atoms with Crippen molar-refractivity contribution in [2.45, 2.75) is 52.4 Å². The molecule has 2 atom stereocenters. The Morgan fingerprint density at radius 3 is 2.53 bits per heavy atom. The maximum absolute atomic E-state index is 11.2. The molecule has 0 radical (unpaired) electrons. The quantitative estimate of drug-likeness (QED) is 0.502. The Hall–Kier alpha value is -0.860. The molecule has 1 saturated heterocycles. The van der Waals surface area contributed by atoms with E-state index in [1.54, 1.807) is 0 Å². The summed E-state index contributed by atoms with van der Waals surface area (Å²) in [6.07, 6.45) is 5.70. The van der Waals surface area contributed by atoms with E-state index in [4.69, 9.17) is 0 Å². The van der Waals surface area contributed by atoms with E-state index in [0.717, 1.165) is 19.3 Å². The molecular formula is C12H20O3. The number of rotatable bonds is 6. The van der Waals surface area contributed by atoms with Crippen molar-refractivity contribution < 1.29 is 14.3 Å². The van der Waals surface area contributed by atoms with Crippen LogP contribution in [0.25, 0.3) is 0 Å². The number of hydrogen-bond acceptors (Lipinski definition) is 3. The molecular weight excluding hydrogens is 192 g/mol. The van der Waals surface area contributed by atoms with Crippen molar-refractivity contribution in [2.24, 2.45) is 11.8 Å². The lowest BCUT2D eigenvalue weighted by Gasteiger charge is -2.14. The van der Waals surface area contributed by atoms with Crippen LogP contribution >= 0.6 is 0 Å². The van der Waals surface area contributed by atoms with Crippen LogP contribution < -0.4 is 0 Å². The van der Waals surface area contributed by atoms with Gasteiger partial charge in [-0.25, -0.2) is 0 Å². The predicted octanol–water partition coefficient (Wildman–Crippen LogP) is 2.68. The molecule has 1 heterocycles. The topological polar surface area (TPSA) is 43.4 Å². The van der Waals surface area contributed by atoms with Crippen molar-refractivity contribution in [3.05, 3.63) is 0 Å². The SMILES string of the molecule is CCCC(CC)CCC1CC(=O)OC1=O. The number of esters is 2. The van der Waals surface area contributed by atoms with Gasteiger partial charge < -0.3 is 4.74 Å². The molecule has 0 amide bonds. The van der Waals surface area contributed by atoms with E-state index in [2.05, 4.69) is 18.6 Å². The largest absolute Gasteiger partial charge is 0.393 e. The second-order valence-corrected chi connectivity index (χ2v) is 4.33. The van der Waals surface area contributed by atoms with Crippen LogP contribution in [0, 0.1) is 11.8 Å². The summed E-state index contributed by atoms with van der Waals surface area (Å²) in [5.41, 5.74) is 0. The number of carbonyl (C=O) groups excluding carboxylic acids is 2. The molecule has 1 rings (SSSR count). The zero-order valence-corrected chi connectivity index (χ0v) is 9.62. The maximum atomic E-state index is 11.2. The molecule has 0 saturated carbocycles. The maximum Gasteiger partial charge on any atom is 0.317 e. The minimum atomic E-state index is -0.353. The van der Waals surface area contributed by atoms with Crippen LogP contribution in [-0.4, -0.2) is 11.9 Å². The highest BCUT2D eigenvalue weighted by molar-refractivity contribution is 5.94. The molecule has 86 valence electrons. The fraction of sp³-hybridized carbons (Fsp3) is 0.833. The van der Waals surface area contributed by atoms with Crippen LogP contribution in [-0.2, 0) is 14.3 Å². The zero-order chi connectivity index (χ0) is 11.3. The first-order valence-electron chi connectivity index (χ1n) is 5.91. The summed E-state index contributed by atoms with van der Waals surface area (Å²) in [7, 11) is 0. The summed E-state index contributed by atoms with van der Waals surface area (Å²) in [6, 6.07) is 0. The van der Waals surface area contributed by atoms with Gasteiger partial charge in [0.15, 0.2) is 0 Å². The molecule has 1 fully saturated rings. The Bertz CT molecular complexity index is 235. The van der Waals surface area contributed by atoms with Crippen LogP contribution in [0.2, 0.25) is 0 Å². The van der Waals surface area contributed by atoms with E-state index >= 15 is 0 Å². The predicted molar refractivity (Wildman–Crippen MR) is 57.1 cm³/mol. The Morgan fingerprint density at radius 2 is 2.07 bits per heavy atom. The second-order valence-electron chi connectivity index (χ2n) is 4.33. The van der Waals surface area contributed by atoms with Crippen molar-refractivity contribution in [1.29, 1.82) is 0 Å². The first-order chi connectivity index (χ1) is 7.17. The van der Waals surface area contributed by atoms with Gasteiger partial charge in [-0.05, 0) is 18.8 Å². The monoisotopic (exact) mass is 212 g/mol. The Balaban J connectivity index is 2.29. The molecule has 15 heavy (non-hydrogen) atoms. The third-order valence-electron chi connectivity index (χ3n) is 3.16. The highest BCUT2D eigenvalue weighted by atomic mass is 16.6. The molecule has 1 aliphatic rings. The van der Waals surface area contributed by atoms with Crippen LogP contribution in [0.5, 0.6) is 0 Å². The van der Waals surface area contributed by atoms with E-state index in [1.807, 2.05) is 0 Å². The van der Waals surface area contributed by atoms with Gasteiger partial charge in [0.2, 0.25) is 0 Å². The van der Waals surface area contributed by atoms with E-state index in [1.165, 1.54) is 12.8 Å². The Kier molecular flexibility index (Phi) is 4.79. The van der Waals surface area contributed by atoms with Crippen LogP contribution in [0.15, 0.2) is 0 Å². The molecule has 0 aromatic rings. The van der Waals surface area contributed by atoms with Crippen LogP contribution in [0.3, 0.4) is 0 Å². The molecule has 0 spiro atoms. The fourth-order valence-corrected chi connectivity index (χ4v) is 2.14. The molecule has 0 bridgehead atoms. The standard InChI is InChI=1S/C12H20O3/c1-3-5-9(4-2)6-7-10-8-11(13)15-12(10)14/h9-10H,3-8H2,1-2H3. The van der Waals surface area contributed by atoms with Gasteiger partial charge in [0, 0.05) is 0 Å². The van der Waals surface area contributed by atoms with Gasteiger partial charge in [0.25, 0.3) is 0 Å². The summed E-state index contributed by atoms with van der Waals surface area (Å²) < 4.78 is 4.52. The van der Waals surface area contributed by atoms with Crippen molar-refractivity contribution in [2.75, 3.05) is 0 Å². The third kappa shape index (κ3) is 3.65. The van der Waals surface area contributed by atoms with Gasteiger partial charge in [-0.1, -0.05) is 33.1 Å². The van der Waals surface area contributed by atoms with Crippen molar-refractivity contribution in [1.82, 2.24) is 0 Å². The number of carbonyl (C=O) groups is 2. The number of cyclic esters (lactones) is 2. The summed E-state index contributed by atoms with van der Waals surface area (Å²) in [6.45, 7) is 4.36. The molecule has 0 aromatic heterocycles. The van der Waals surface area contributed by atoms with Gasteiger partial charge in [0.05, 0.1) is 12.3 Å². The van der Waals surface area contributed by atoms with Gasteiger partial charge >= 0.3 is 11.9 Å².